The standard InChI is InChI=1S/C15H21ClO2/c1-5-12(10-16)8-13-6-7-14(18-11(2)3)15(9-13)17-4/h6-9,11H,5,10H2,1-4H3. The number of halogens is 1. The van der Waals surface area contributed by atoms with Crippen LogP contribution in [0.1, 0.15) is 32.8 Å². The fourth-order valence-corrected chi connectivity index (χ4v) is 1.86. The van der Waals surface area contributed by atoms with Crippen molar-refractivity contribution in [3.8, 4) is 11.5 Å². The molecule has 0 aliphatic rings. The maximum atomic E-state index is 5.87. The molecule has 0 saturated heterocycles. The van der Waals surface area contributed by atoms with Gasteiger partial charge in [0.15, 0.2) is 11.5 Å². The zero-order valence-electron chi connectivity index (χ0n) is 11.5. The van der Waals surface area contributed by atoms with Gasteiger partial charge in [-0.2, -0.15) is 0 Å². The van der Waals surface area contributed by atoms with E-state index in [0.29, 0.717) is 5.88 Å². The fourth-order valence-electron chi connectivity index (χ4n) is 1.60. The molecule has 0 aliphatic heterocycles. The first-order valence-corrected chi connectivity index (χ1v) is 6.74. The maximum absolute atomic E-state index is 5.87. The van der Waals surface area contributed by atoms with E-state index in [9.17, 15) is 0 Å². The lowest BCUT2D eigenvalue weighted by molar-refractivity contribution is 0.230. The Morgan fingerprint density at radius 1 is 1.33 bits per heavy atom. The number of methoxy groups -OCH3 is 1. The molecule has 0 radical (unpaired) electrons. The summed E-state index contributed by atoms with van der Waals surface area (Å²) in [5.74, 6) is 2.08. The van der Waals surface area contributed by atoms with Gasteiger partial charge >= 0.3 is 0 Å². The summed E-state index contributed by atoms with van der Waals surface area (Å²) in [7, 11) is 1.65. The highest BCUT2D eigenvalue weighted by molar-refractivity contribution is 6.19. The van der Waals surface area contributed by atoms with Crippen molar-refractivity contribution >= 4 is 17.7 Å². The van der Waals surface area contributed by atoms with Crippen molar-refractivity contribution in [3.63, 3.8) is 0 Å². The molecule has 0 bridgehead atoms. The fraction of sp³-hybridized carbons (Fsp3) is 0.467. The van der Waals surface area contributed by atoms with Gasteiger partial charge in [0.1, 0.15) is 0 Å². The lowest BCUT2D eigenvalue weighted by Crippen LogP contribution is -2.06. The van der Waals surface area contributed by atoms with Crippen LogP contribution in [0, 0.1) is 0 Å². The summed E-state index contributed by atoms with van der Waals surface area (Å²) in [6.07, 6.45) is 3.18. The highest BCUT2D eigenvalue weighted by atomic mass is 35.5. The number of alkyl halides is 1. The molecule has 1 aromatic carbocycles. The van der Waals surface area contributed by atoms with Crippen molar-refractivity contribution in [2.45, 2.75) is 33.3 Å². The highest BCUT2D eigenvalue weighted by Gasteiger charge is 2.06. The van der Waals surface area contributed by atoms with Crippen LogP contribution in [-0.4, -0.2) is 19.1 Å². The van der Waals surface area contributed by atoms with Crippen molar-refractivity contribution in [3.05, 3.63) is 29.3 Å². The van der Waals surface area contributed by atoms with Crippen LogP contribution in [0.4, 0.5) is 0 Å². The Hall–Kier alpha value is -1.15. The van der Waals surface area contributed by atoms with Gasteiger partial charge in [-0.05, 0) is 38.0 Å². The van der Waals surface area contributed by atoms with Gasteiger partial charge < -0.3 is 9.47 Å². The molecule has 1 aromatic rings. The van der Waals surface area contributed by atoms with E-state index >= 15 is 0 Å². The van der Waals surface area contributed by atoms with E-state index in [1.807, 2.05) is 32.0 Å². The van der Waals surface area contributed by atoms with Crippen LogP contribution in [0.15, 0.2) is 23.8 Å². The predicted molar refractivity (Wildman–Crippen MR) is 77.7 cm³/mol. The Bertz CT molecular complexity index is 405. The van der Waals surface area contributed by atoms with Gasteiger partial charge in [-0.15, -0.1) is 11.6 Å². The van der Waals surface area contributed by atoms with Gasteiger partial charge in [-0.1, -0.05) is 24.6 Å². The minimum atomic E-state index is 0.134. The van der Waals surface area contributed by atoms with E-state index in [1.165, 1.54) is 5.57 Å². The quantitative estimate of drug-likeness (QED) is 0.707. The Labute approximate surface area is 115 Å². The van der Waals surface area contributed by atoms with Crippen LogP contribution < -0.4 is 9.47 Å². The van der Waals surface area contributed by atoms with Crippen molar-refractivity contribution in [2.75, 3.05) is 13.0 Å². The summed E-state index contributed by atoms with van der Waals surface area (Å²) < 4.78 is 11.0. The molecule has 0 saturated carbocycles. The lowest BCUT2D eigenvalue weighted by atomic mass is 10.1. The van der Waals surface area contributed by atoms with Crippen LogP contribution in [0.3, 0.4) is 0 Å². The second-order valence-electron chi connectivity index (χ2n) is 4.37. The minimum absolute atomic E-state index is 0.134. The molecular weight excluding hydrogens is 248 g/mol. The van der Waals surface area contributed by atoms with Gasteiger partial charge in [-0.3, -0.25) is 0 Å². The molecule has 0 aliphatic carbocycles. The second-order valence-corrected chi connectivity index (χ2v) is 4.63. The highest BCUT2D eigenvalue weighted by Crippen LogP contribution is 2.30. The van der Waals surface area contributed by atoms with Crippen LogP contribution in [-0.2, 0) is 0 Å². The number of allylic oxidation sites excluding steroid dienone is 1. The largest absolute Gasteiger partial charge is 0.493 e. The predicted octanol–water partition coefficient (Wildman–Crippen LogP) is 4.51. The van der Waals surface area contributed by atoms with Gasteiger partial charge in [-0.25, -0.2) is 0 Å². The van der Waals surface area contributed by atoms with E-state index < -0.39 is 0 Å². The van der Waals surface area contributed by atoms with E-state index in [4.69, 9.17) is 21.1 Å². The molecular formula is C15H21ClO2. The van der Waals surface area contributed by atoms with Crippen molar-refractivity contribution in [1.29, 1.82) is 0 Å². The molecule has 0 N–H and O–H groups in total. The molecule has 18 heavy (non-hydrogen) atoms. The number of rotatable bonds is 6. The van der Waals surface area contributed by atoms with Crippen molar-refractivity contribution in [2.24, 2.45) is 0 Å². The third kappa shape index (κ3) is 4.26. The zero-order chi connectivity index (χ0) is 13.5. The van der Waals surface area contributed by atoms with Crippen LogP contribution >= 0.6 is 11.6 Å². The summed E-state index contributed by atoms with van der Waals surface area (Å²) >= 11 is 5.87. The maximum Gasteiger partial charge on any atom is 0.161 e. The average molecular weight is 269 g/mol. The van der Waals surface area contributed by atoms with Crippen LogP contribution in [0.5, 0.6) is 11.5 Å². The van der Waals surface area contributed by atoms with Crippen molar-refractivity contribution < 1.29 is 9.47 Å². The van der Waals surface area contributed by atoms with E-state index in [-0.39, 0.29) is 6.10 Å². The monoisotopic (exact) mass is 268 g/mol. The molecule has 0 fully saturated rings. The summed E-state index contributed by atoms with van der Waals surface area (Å²) in [5, 5.41) is 0. The molecule has 0 heterocycles. The molecule has 0 amide bonds. The first-order chi connectivity index (χ1) is 8.60. The van der Waals surface area contributed by atoms with Gasteiger partial charge in [0.05, 0.1) is 13.2 Å². The Morgan fingerprint density at radius 2 is 2.06 bits per heavy atom. The smallest absolute Gasteiger partial charge is 0.161 e. The van der Waals surface area contributed by atoms with Gasteiger partial charge in [0.25, 0.3) is 0 Å². The van der Waals surface area contributed by atoms with E-state index in [2.05, 4.69) is 13.0 Å². The van der Waals surface area contributed by atoms with Gasteiger partial charge in [0.2, 0.25) is 0 Å². The van der Waals surface area contributed by atoms with E-state index in [0.717, 1.165) is 23.5 Å². The SMILES string of the molecule is CCC(=Cc1ccc(OC(C)C)c(OC)c1)CCl. The third-order valence-electron chi connectivity index (χ3n) is 2.55. The number of hydrogen-bond acceptors (Lipinski definition) is 2. The summed E-state index contributed by atoms with van der Waals surface area (Å²) in [4.78, 5) is 0. The minimum Gasteiger partial charge on any atom is -0.493 e. The van der Waals surface area contributed by atoms with Crippen LogP contribution in [0.25, 0.3) is 6.08 Å². The molecule has 0 unspecified atom stereocenters. The Kier molecular flexibility index (Phi) is 6.06. The Balaban J connectivity index is 3.01. The first-order valence-electron chi connectivity index (χ1n) is 6.20. The third-order valence-corrected chi connectivity index (χ3v) is 2.89. The van der Waals surface area contributed by atoms with E-state index in [1.54, 1.807) is 7.11 Å². The summed E-state index contributed by atoms with van der Waals surface area (Å²) in [6.45, 7) is 6.09. The number of ether oxygens (including phenoxy) is 2. The molecule has 3 heteroatoms. The zero-order valence-corrected chi connectivity index (χ0v) is 12.3. The summed E-state index contributed by atoms with van der Waals surface area (Å²) in [5.41, 5.74) is 2.29. The average Bonchev–Trinajstić information content (AvgIpc) is 2.36. The summed E-state index contributed by atoms with van der Waals surface area (Å²) in [6, 6.07) is 5.93. The molecule has 0 aromatic heterocycles. The molecule has 2 nitrogen and oxygen atoms in total. The normalized spacial score (nSPS) is 11.8. The van der Waals surface area contributed by atoms with Crippen molar-refractivity contribution in [1.82, 2.24) is 0 Å². The second kappa shape index (κ2) is 7.32. The molecule has 100 valence electrons. The number of benzene rings is 1. The van der Waals surface area contributed by atoms with Gasteiger partial charge in [0, 0.05) is 5.88 Å². The molecule has 0 atom stereocenters. The first kappa shape index (κ1) is 14.9. The molecule has 0 spiro atoms. The topological polar surface area (TPSA) is 18.5 Å². The van der Waals surface area contributed by atoms with Crippen LogP contribution in [0.2, 0.25) is 0 Å². The molecule has 1 rings (SSSR count). The lowest BCUT2D eigenvalue weighted by Gasteiger charge is -2.14. The number of hydrogen-bond donors (Lipinski definition) is 0. The Morgan fingerprint density at radius 3 is 2.56 bits per heavy atom.